The second-order valence-corrected chi connectivity index (χ2v) is 6.63. The van der Waals surface area contributed by atoms with Crippen molar-refractivity contribution < 1.29 is 49.6 Å². The van der Waals surface area contributed by atoms with Crippen LogP contribution in [0.4, 0.5) is 0 Å². The maximum atomic E-state index is 11.4. The molecule has 10 unspecified atom stereocenters. The van der Waals surface area contributed by atoms with Crippen molar-refractivity contribution in [1.29, 1.82) is 0 Å². The number of rotatable bonds is 5. The number of amides is 1. The number of ether oxygens (including phenoxy) is 3. The van der Waals surface area contributed by atoms with E-state index in [0.29, 0.717) is 0 Å². The zero-order valence-electron chi connectivity index (χ0n) is 14.0. The second kappa shape index (κ2) is 9.10. The van der Waals surface area contributed by atoms with Gasteiger partial charge in [-0.25, -0.2) is 0 Å². The van der Waals surface area contributed by atoms with E-state index in [-0.39, 0.29) is 5.75 Å². The van der Waals surface area contributed by atoms with Crippen molar-refractivity contribution in [1.82, 2.24) is 5.32 Å². The van der Waals surface area contributed by atoms with Gasteiger partial charge in [0, 0.05) is 12.7 Å². The van der Waals surface area contributed by atoms with Crippen LogP contribution >= 0.6 is 12.6 Å². The Morgan fingerprint density at radius 1 is 1.04 bits per heavy atom. The molecule has 0 bridgehead atoms. The van der Waals surface area contributed by atoms with Crippen molar-refractivity contribution in [2.45, 2.75) is 68.3 Å². The fraction of sp³-hybridized carbons (Fsp3) is 0.929. The Morgan fingerprint density at radius 3 is 2.23 bits per heavy atom. The molecule has 2 aliphatic heterocycles. The number of nitrogens with one attached hydrogen (secondary N) is 1. The Morgan fingerprint density at radius 2 is 1.69 bits per heavy atom. The van der Waals surface area contributed by atoms with Crippen LogP contribution in [-0.2, 0) is 19.0 Å². The van der Waals surface area contributed by atoms with Gasteiger partial charge in [-0.3, -0.25) is 4.79 Å². The normalized spacial score (nSPS) is 46.8. The van der Waals surface area contributed by atoms with Crippen LogP contribution in [0.1, 0.15) is 6.92 Å². The van der Waals surface area contributed by atoms with Crippen LogP contribution < -0.4 is 5.32 Å². The smallest absolute Gasteiger partial charge is 0.217 e. The number of carbonyl (C=O) groups is 1. The number of carbonyl (C=O) groups excluding carboxylic acids is 1. The minimum Gasteiger partial charge on any atom is -0.394 e. The van der Waals surface area contributed by atoms with E-state index in [2.05, 4.69) is 17.9 Å². The van der Waals surface area contributed by atoms with Gasteiger partial charge in [0.1, 0.15) is 42.7 Å². The first-order chi connectivity index (χ1) is 12.2. The minimum absolute atomic E-state index is 0.0195. The van der Waals surface area contributed by atoms with E-state index in [1.807, 2.05) is 0 Å². The van der Waals surface area contributed by atoms with Gasteiger partial charge < -0.3 is 50.2 Å². The summed E-state index contributed by atoms with van der Waals surface area (Å²) in [7, 11) is 0. The van der Waals surface area contributed by atoms with E-state index in [1.165, 1.54) is 6.92 Å². The van der Waals surface area contributed by atoms with E-state index in [1.54, 1.807) is 0 Å². The summed E-state index contributed by atoms with van der Waals surface area (Å²) in [4.78, 5) is 11.4. The third-order valence-electron chi connectivity index (χ3n) is 4.38. The van der Waals surface area contributed by atoms with E-state index in [0.717, 1.165) is 0 Å². The summed E-state index contributed by atoms with van der Waals surface area (Å²) in [5, 5.41) is 61.9. The van der Waals surface area contributed by atoms with Gasteiger partial charge in [-0.1, -0.05) is 0 Å². The number of hydrogen-bond acceptors (Lipinski definition) is 11. The van der Waals surface area contributed by atoms with Crippen molar-refractivity contribution in [2.24, 2.45) is 0 Å². The van der Waals surface area contributed by atoms with Gasteiger partial charge in [-0.2, -0.15) is 12.6 Å². The Hall–Kier alpha value is -0.540. The van der Waals surface area contributed by atoms with E-state index < -0.39 is 73.9 Å². The zero-order chi connectivity index (χ0) is 19.6. The van der Waals surface area contributed by atoms with Crippen molar-refractivity contribution in [3.05, 3.63) is 0 Å². The maximum absolute atomic E-state index is 11.4. The highest BCUT2D eigenvalue weighted by atomic mass is 32.1. The van der Waals surface area contributed by atoms with Gasteiger partial charge in [0.25, 0.3) is 0 Å². The second-order valence-electron chi connectivity index (χ2n) is 6.26. The average molecular weight is 399 g/mol. The molecule has 0 aromatic rings. The summed E-state index contributed by atoms with van der Waals surface area (Å²) >= 11 is 4.02. The van der Waals surface area contributed by atoms with Gasteiger partial charge >= 0.3 is 0 Å². The highest BCUT2D eigenvalue weighted by Crippen LogP contribution is 2.28. The first-order valence-corrected chi connectivity index (χ1v) is 8.70. The van der Waals surface area contributed by atoms with Crippen LogP contribution in [0.25, 0.3) is 0 Å². The predicted molar refractivity (Wildman–Crippen MR) is 87.0 cm³/mol. The lowest BCUT2D eigenvalue weighted by atomic mass is 9.96. The molecule has 0 aromatic heterocycles. The summed E-state index contributed by atoms with van der Waals surface area (Å²) in [6, 6.07) is -1.22. The summed E-state index contributed by atoms with van der Waals surface area (Å²) in [6.07, 6.45) is -12.8. The lowest BCUT2D eigenvalue weighted by Crippen LogP contribution is -2.67. The van der Waals surface area contributed by atoms with Gasteiger partial charge in [-0.05, 0) is 0 Å². The molecule has 10 atom stereocenters. The van der Waals surface area contributed by atoms with Crippen LogP contribution in [0.3, 0.4) is 0 Å². The molecule has 7 N–H and O–H groups in total. The molecular formula is C14H25NO10S. The predicted octanol–water partition coefficient (Wildman–Crippen LogP) is -4.32. The third kappa shape index (κ3) is 4.47. The van der Waals surface area contributed by atoms with Crippen LogP contribution in [0.5, 0.6) is 0 Å². The van der Waals surface area contributed by atoms with E-state index in [4.69, 9.17) is 14.2 Å². The van der Waals surface area contributed by atoms with E-state index in [9.17, 15) is 35.4 Å². The van der Waals surface area contributed by atoms with Crippen molar-refractivity contribution >= 4 is 18.5 Å². The Kier molecular flexibility index (Phi) is 7.62. The number of aliphatic hydroxyl groups is 6. The van der Waals surface area contributed by atoms with Crippen LogP contribution in [-0.4, -0.2) is 110 Å². The third-order valence-corrected chi connectivity index (χ3v) is 4.74. The minimum atomic E-state index is -1.74. The average Bonchev–Trinajstić information content (AvgIpc) is 2.60. The standard InChI is InChI=1S/C14H25NO10S/c1-4(17)15-7-10(20)8(18)6(3-26)24-14(7)25-12-9(19)5(2-16)23-13(22)11(12)21/h5-14,16,18-22,26H,2-3H2,1H3,(H,15,17). The summed E-state index contributed by atoms with van der Waals surface area (Å²) in [5.74, 6) is -0.518. The lowest BCUT2D eigenvalue weighted by molar-refractivity contribution is -0.338. The lowest BCUT2D eigenvalue weighted by Gasteiger charge is -2.46. The van der Waals surface area contributed by atoms with Crippen molar-refractivity contribution in [2.75, 3.05) is 12.4 Å². The molecular weight excluding hydrogens is 374 g/mol. The van der Waals surface area contributed by atoms with Gasteiger partial charge in [0.15, 0.2) is 12.6 Å². The summed E-state index contributed by atoms with van der Waals surface area (Å²) in [5.41, 5.74) is 0. The Balaban J connectivity index is 2.22. The molecule has 0 radical (unpaired) electrons. The highest BCUT2D eigenvalue weighted by Gasteiger charge is 2.50. The monoisotopic (exact) mass is 399 g/mol. The fourth-order valence-corrected chi connectivity index (χ4v) is 3.27. The molecule has 2 rings (SSSR count). The summed E-state index contributed by atoms with van der Waals surface area (Å²) < 4.78 is 15.9. The molecule has 1 amide bonds. The van der Waals surface area contributed by atoms with Crippen LogP contribution in [0.15, 0.2) is 0 Å². The first kappa shape index (κ1) is 21.8. The molecule has 2 saturated heterocycles. The molecule has 152 valence electrons. The van der Waals surface area contributed by atoms with E-state index >= 15 is 0 Å². The topological polar surface area (TPSA) is 178 Å². The molecule has 0 saturated carbocycles. The fourth-order valence-electron chi connectivity index (χ4n) is 2.97. The van der Waals surface area contributed by atoms with Gasteiger partial charge in [-0.15, -0.1) is 0 Å². The molecule has 2 fully saturated rings. The Bertz CT molecular complexity index is 485. The molecule has 11 nitrogen and oxygen atoms in total. The SMILES string of the molecule is CC(=O)NC1C(OC2C(O)C(O)OC(CO)C2O)OC(CS)C(O)C1O. The Labute approximate surface area is 154 Å². The molecule has 2 aliphatic rings. The first-order valence-electron chi connectivity index (χ1n) is 8.06. The summed E-state index contributed by atoms with van der Waals surface area (Å²) in [6.45, 7) is 0.538. The number of hydrogen-bond donors (Lipinski definition) is 8. The van der Waals surface area contributed by atoms with Crippen molar-refractivity contribution in [3.8, 4) is 0 Å². The molecule has 0 aliphatic carbocycles. The van der Waals surface area contributed by atoms with Crippen LogP contribution in [0.2, 0.25) is 0 Å². The molecule has 0 aromatic carbocycles. The molecule has 26 heavy (non-hydrogen) atoms. The van der Waals surface area contributed by atoms with Gasteiger partial charge in [0.05, 0.1) is 12.7 Å². The zero-order valence-corrected chi connectivity index (χ0v) is 14.8. The quantitative estimate of drug-likeness (QED) is 0.211. The molecule has 0 spiro atoms. The number of thiol groups is 1. The largest absolute Gasteiger partial charge is 0.394 e. The highest BCUT2D eigenvalue weighted by molar-refractivity contribution is 7.80. The van der Waals surface area contributed by atoms with Gasteiger partial charge in [0.2, 0.25) is 5.91 Å². The molecule has 12 heteroatoms. The van der Waals surface area contributed by atoms with Crippen molar-refractivity contribution in [3.63, 3.8) is 0 Å². The molecule has 2 heterocycles. The maximum Gasteiger partial charge on any atom is 0.217 e. The van der Waals surface area contributed by atoms with Crippen LogP contribution in [0, 0.1) is 0 Å². The number of aliphatic hydroxyl groups excluding tert-OH is 6.